The molecular weight excluding hydrogens is 294 g/mol. The summed E-state index contributed by atoms with van der Waals surface area (Å²) in [6.07, 6.45) is 3.83. The Balaban J connectivity index is 1.95. The maximum Gasteiger partial charge on any atom is 0.396 e. The average Bonchev–Trinajstić information content (AvgIpc) is 2.92. The van der Waals surface area contributed by atoms with Gasteiger partial charge in [-0.1, -0.05) is 13.0 Å². The average molecular weight is 315 g/mol. The summed E-state index contributed by atoms with van der Waals surface area (Å²) >= 11 is 0. The molecule has 1 aliphatic rings. The van der Waals surface area contributed by atoms with Gasteiger partial charge >= 0.3 is 11.9 Å². The number of likely N-dealkylation sites (tertiary alicyclic amines) is 1. The fraction of sp³-hybridized carbons (Fsp3) is 0.471. The number of amides is 1. The minimum absolute atomic E-state index is 0.0950. The van der Waals surface area contributed by atoms with Gasteiger partial charge in [-0.3, -0.25) is 9.48 Å². The number of esters is 1. The molecule has 6 heteroatoms. The number of carbonyl (C=O) groups is 2. The first-order valence-electron chi connectivity index (χ1n) is 7.82. The SMILES string of the molecule is COC(=O)C(=O)N1CC(C)CCC1c1ccc2nn(C)cc2c1. The van der Waals surface area contributed by atoms with Crippen LogP contribution in [0.3, 0.4) is 0 Å². The van der Waals surface area contributed by atoms with Crippen molar-refractivity contribution in [3.8, 4) is 0 Å². The zero-order valence-electron chi connectivity index (χ0n) is 13.7. The fourth-order valence-electron chi connectivity index (χ4n) is 3.30. The van der Waals surface area contributed by atoms with Crippen molar-refractivity contribution in [1.29, 1.82) is 0 Å². The van der Waals surface area contributed by atoms with Gasteiger partial charge in [-0.05, 0) is 36.5 Å². The molecule has 0 radical (unpaired) electrons. The second-order valence-electron chi connectivity index (χ2n) is 6.27. The van der Waals surface area contributed by atoms with Crippen molar-refractivity contribution in [1.82, 2.24) is 14.7 Å². The van der Waals surface area contributed by atoms with Gasteiger partial charge in [0, 0.05) is 25.2 Å². The molecule has 2 atom stereocenters. The van der Waals surface area contributed by atoms with Crippen LogP contribution in [0.25, 0.3) is 10.9 Å². The Bertz CT molecular complexity index is 753. The molecule has 122 valence electrons. The molecule has 1 aliphatic heterocycles. The number of hydrogen-bond acceptors (Lipinski definition) is 4. The minimum atomic E-state index is -0.799. The van der Waals surface area contributed by atoms with E-state index in [4.69, 9.17) is 0 Å². The molecule has 2 aromatic rings. The molecule has 1 aromatic carbocycles. The van der Waals surface area contributed by atoms with Crippen molar-refractivity contribution in [3.05, 3.63) is 30.0 Å². The van der Waals surface area contributed by atoms with Gasteiger partial charge in [0.15, 0.2) is 0 Å². The number of ether oxygens (including phenoxy) is 1. The first-order valence-corrected chi connectivity index (χ1v) is 7.82. The van der Waals surface area contributed by atoms with E-state index in [2.05, 4.69) is 22.8 Å². The second kappa shape index (κ2) is 6.02. The van der Waals surface area contributed by atoms with Gasteiger partial charge in [0.1, 0.15) is 0 Å². The lowest BCUT2D eigenvalue weighted by Crippen LogP contribution is -2.45. The van der Waals surface area contributed by atoms with Crippen LogP contribution in [0.1, 0.15) is 31.4 Å². The molecule has 1 aromatic heterocycles. The lowest BCUT2D eigenvalue weighted by molar-refractivity contribution is -0.160. The summed E-state index contributed by atoms with van der Waals surface area (Å²) in [7, 11) is 3.12. The summed E-state index contributed by atoms with van der Waals surface area (Å²) in [6.45, 7) is 2.67. The van der Waals surface area contributed by atoms with Crippen molar-refractivity contribution in [2.75, 3.05) is 13.7 Å². The fourth-order valence-corrected chi connectivity index (χ4v) is 3.30. The first-order chi connectivity index (χ1) is 11.0. The second-order valence-corrected chi connectivity index (χ2v) is 6.27. The molecule has 0 saturated carbocycles. The normalized spacial score (nSPS) is 21.4. The maximum absolute atomic E-state index is 12.4. The highest BCUT2D eigenvalue weighted by molar-refractivity contribution is 6.32. The Labute approximate surface area is 135 Å². The van der Waals surface area contributed by atoms with E-state index >= 15 is 0 Å². The first kappa shape index (κ1) is 15.5. The lowest BCUT2D eigenvalue weighted by atomic mass is 9.89. The van der Waals surface area contributed by atoms with E-state index in [1.165, 1.54) is 7.11 Å². The van der Waals surface area contributed by atoms with Gasteiger partial charge < -0.3 is 9.64 Å². The summed E-state index contributed by atoms with van der Waals surface area (Å²) in [6, 6.07) is 5.92. The molecule has 1 fully saturated rings. The predicted octanol–water partition coefficient (Wildman–Crippen LogP) is 2.05. The van der Waals surface area contributed by atoms with Crippen LogP contribution < -0.4 is 0 Å². The number of fused-ring (bicyclic) bond motifs is 1. The third-order valence-electron chi connectivity index (χ3n) is 4.47. The number of methoxy groups -OCH3 is 1. The Kier molecular flexibility index (Phi) is 4.07. The molecule has 23 heavy (non-hydrogen) atoms. The topological polar surface area (TPSA) is 64.4 Å². The molecule has 0 aliphatic carbocycles. The number of hydrogen-bond donors (Lipinski definition) is 0. The maximum atomic E-state index is 12.4. The van der Waals surface area contributed by atoms with E-state index in [1.807, 2.05) is 25.4 Å². The highest BCUT2D eigenvalue weighted by atomic mass is 16.5. The van der Waals surface area contributed by atoms with Gasteiger partial charge in [-0.2, -0.15) is 5.10 Å². The van der Waals surface area contributed by atoms with Gasteiger partial charge in [-0.25, -0.2) is 4.79 Å². The quantitative estimate of drug-likeness (QED) is 0.597. The van der Waals surface area contributed by atoms with Crippen LogP contribution in [0.2, 0.25) is 0 Å². The highest BCUT2D eigenvalue weighted by Gasteiger charge is 2.34. The van der Waals surface area contributed by atoms with Crippen LogP contribution in [-0.2, 0) is 21.4 Å². The summed E-state index contributed by atoms with van der Waals surface area (Å²) in [4.78, 5) is 25.7. The van der Waals surface area contributed by atoms with Crippen molar-refractivity contribution in [2.24, 2.45) is 13.0 Å². The minimum Gasteiger partial charge on any atom is -0.462 e. The van der Waals surface area contributed by atoms with E-state index in [1.54, 1.807) is 9.58 Å². The van der Waals surface area contributed by atoms with E-state index in [9.17, 15) is 9.59 Å². The smallest absolute Gasteiger partial charge is 0.396 e. The zero-order valence-corrected chi connectivity index (χ0v) is 13.7. The molecule has 0 bridgehead atoms. The number of carbonyl (C=O) groups excluding carboxylic acids is 2. The molecule has 1 saturated heterocycles. The molecule has 0 N–H and O–H groups in total. The van der Waals surface area contributed by atoms with E-state index in [0.29, 0.717) is 12.5 Å². The summed E-state index contributed by atoms with van der Waals surface area (Å²) in [5.41, 5.74) is 1.96. The third kappa shape index (κ3) is 2.93. The van der Waals surface area contributed by atoms with Gasteiger partial charge in [0.05, 0.1) is 18.7 Å². The highest BCUT2D eigenvalue weighted by Crippen LogP contribution is 2.34. The number of aromatic nitrogens is 2. The molecule has 2 unspecified atom stereocenters. The molecule has 6 nitrogen and oxygen atoms in total. The number of nitrogens with zero attached hydrogens (tertiary/aromatic N) is 3. The monoisotopic (exact) mass is 315 g/mol. The van der Waals surface area contributed by atoms with Gasteiger partial charge in [0.2, 0.25) is 0 Å². The molecule has 3 rings (SSSR count). The van der Waals surface area contributed by atoms with Crippen LogP contribution in [0.4, 0.5) is 0 Å². The van der Waals surface area contributed by atoms with Gasteiger partial charge in [-0.15, -0.1) is 0 Å². The Morgan fingerprint density at radius 2 is 2.09 bits per heavy atom. The van der Waals surface area contributed by atoms with Crippen LogP contribution in [0, 0.1) is 5.92 Å². The largest absolute Gasteiger partial charge is 0.462 e. The zero-order chi connectivity index (χ0) is 16.6. The number of aryl methyl sites for hydroxylation is 1. The van der Waals surface area contributed by atoms with Crippen molar-refractivity contribution in [3.63, 3.8) is 0 Å². The summed E-state index contributed by atoms with van der Waals surface area (Å²) in [5, 5.41) is 5.41. The predicted molar refractivity (Wildman–Crippen MR) is 85.6 cm³/mol. The molecule has 2 heterocycles. The summed E-state index contributed by atoms with van der Waals surface area (Å²) in [5.74, 6) is -0.983. The van der Waals surface area contributed by atoms with Crippen LogP contribution in [-0.4, -0.2) is 40.2 Å². The molecule has 1 amide bonds. The van der Waals surface area contributed by atoms with E-state index < -0.39 is 11.9 Å². The van der Waals surface area contributed by atoms with Crippen molar-refractivity contribution < 1.29 is 14.3 Å². The number of rotatable bonds is 1. The molecular formula is C17H21N3O3. The van der Waals surface area contributed by atoms with Crippen LogP contribution in [0.5, 0.6) is 0 Å². The lowest BCUT2D eigenvalue weighted by Gasteiger charge is -2.38. The van der Waals surface area contributed by atoms with Crippen molar-refractivity contribution in [2.45, 2.75) is 25.8 Å². The Hall–Kier alpha value is -2.37. The van der Waals surface area contributed by atoms with Crippen molar-refractivity contribution >= 4 is 22.8 Å². The number of benzene rings is 1. The van der Waals surface area contributed by atoms with Crippen LogP contribution in [0.15, 0.2) is 24.4 Å². The van der Waals surface area contributed by atoms with Crippen LogP contribution >= 0.6 is 0 Å². The number of piperidine rings is 1. The van der Waals surface area contributed by atoms with E-state index in [0.717, 1.165) is 29.3 Å². The molecule has 0 spiro atoms. The Morgan fingerprint density at radius 1 is 1.30 bits per heavy atom. The van der Waals surface area contributed by atoms with E-state index in [-0.39, 0.29) is 6.04 Å². The third-order valence-corrected chi connectivity index (χ3v) is 4.47. The Morgan fingerprint density at radius 3 is 2.83 bits per heavy atom. The standard InChI is InChI=1S/C17H21N3O3/c1-11-4-7-15(20(9-11)16(21)17(22)23-3)12-5-6-14-13(8-12)10-19(2)18-14/h5-6,8,10-11,15H,4,7,9H2,1-3H3. The summed E-state index contributed by atoms with van der Waals surface area (Å²) < 4.78 is 6.39. The van der Waals surface area contributed by atoms with Gasteiger partial charge in [0.25, 0.3) is 0 Å².